The summed E-state index contributed by atoms with van der Waals surface area (Å²) in [6.45, 7) is 3.77. The van der Waals surface area contributed by atoms with Gasteiger partial charge >= 0.3 is 6.18 Å². The number of hydrogen-bond acceptors (Lipinski definition) is 2. The summed E-state index contributed by atoms with van der Waals surface area (Å²) in [5.74, 6) is -0.989. The van der Waals surface area contributed by atoms with Crippen LogP contribution in [0.4, 0.5) is 17.6 Å². The van der Waals surface area contributed by atoms with Crippen LogP contribution in [0.5, 0.6) is 0 Å². The minimum atomic E-state index is -4.62. The molecule has 1 aromatic rings. The van der Waals surface area contributed by atoms with Crippen molar-refractivity contribution in [1.29, 1.82) is 0 Å². The molecular formula is C12H15F4O2P. The number of benzene rings is 1. The molecule has 1 aromatic carbocycles. The molecule has 0 fully saturated rings. The first-order chi connectivity index (χ1) is 8.73. The molecule has 0 aromatic heterocycles. The van der Waals surface area contributed by atoms with Crippen LogP contribution in [0.2, 0.25) is 0 Å². The summed E-state index contributed by atoms with van der Waals surface area (Å²) in [5.41, 5.74) is -1.07. The van der Waals surface area contributed by atoms with Crippen molar-refractivity contribution in [2.24, 2.45) is 0 Å². The van der Waals surface area contributed by atoms with E-state index in [9.17, 15) is 17.6 Å². The molecule has 2 nitrogen and oxygen atoms in total. The Balaban J connectivity index is 3.32. The van der Waals surface area contributed by atoms with Crippen LogP contribution in [0.25, 0.3) is 0 Å². The zero-order chi connectivity index (χ0) is 14.7. The van der Waals surface area contributed by atoms with E-state index in [1.165, 1.54) is 0 Å². The molecule has 0 amide bonds. The highest BCUT2D eigenvalue weighted by Gasteiger charge is 2.33. The van der Waals surface area contributed by atoms with Crippen LogP contribution in [0.15, 0.2) is 18.2 Å². The van der Waals surface area contributed by atoms with Crippen LogP contribution in [0.1, 0.15) is 19.4 Å². The third-order valence-corrected chi connectivity index (χ3v) is 4.67. The Morgan fingerprint density at radius 2 is 1.63 bits per heavy atom. The molecule has 1 rings (SSSR count). The zero-order valence-corrected chi connectivity index (χ0v) is 11.5. The molecule has 108 valence electrons. The predicted molar refractivity (Wildman–Crippen MR) is 68.3 cm³/mol. The van der Waals surface area contributed by atoms with Gasteiger partial charge in [0.25, 0.3) is 0 Å². The van der Waals surface area contributed by atoms with E-state index in [1.54, 1.807) is 13.8 Å². The van der Waals surface area contributed by atoms with Gasteiger partial charge in [0.1, 0.15) is 13.2 Å². The summed E-state index contributed by atoms with van der Waals surface area (Å²) in [6, 6.07) is 2.24. The summed E-state index contributed by atoms with van der Waals surface area (Å²) in [4.78, 5) is 0. The smallest absolute Gasteiger partial charge is 0.334 e. The van der Waals surface area contributed by atoms with Crippen molar-refractivity contribution < 1.29 is 26.6 Å². The van der Waals surface area contributed by atoms with Gasteiger partial charge in [-0.1, -0.05) is 0 Å². The van der Waals surface area contributed by atoms with Gasteiger partial charge < -0.3 is 9.05 Å². The minimum absolute atomic E-state index is 0.00326. The minimum Gasteiger partial charge on any atom is -0.334 e. The predicted octanol–water partition coefficient (Wildman–Crippen LogP) is 3.82. The molecule has 0 aliphatic rings. The van der Waals surface area contributed by atoms with Gasteiger partial charge in [0.15, 0.2) is 0 Å². The molecule has 0 radical (unpaired) electrons. The van der Waals surface area contributed by atoms with Gasteiger partial charge in [0.2, 0.25) is 0 Å². The number of rotatable bonds is 5. The normalized spacial score (nSPS) is 12.7. The van der Waals surface area contributed by atoms with Crippen molar-refractivity contribution in [1.82, 2.24) is 0 Å². The van der Waals surface area contributed by atoms with Crippen LogP contribution < -0.4 is 5.30 Å². The van der Waals surface area contributed by atoms with Crippen molar-refractivity contribution in [2.45, 2.75) is 20.0 Å². The van der Waals surface area contributed by atoms with Gasteiger partial charge in [-0.15, -0.1) is 0 Å². The molecule has 19 heavy (non-hydrogen) atoms. The Labute approximate surface area is 109 Å². The van der Waals surface area contributed by atoms with E-state index in [-0.39, 0.29) is 18.5 Å². The van der Waals surface area contributed by atoms with E-state index in [4.69, 9.17) is 9.05 Å². The highest BCUT2D eigenvalue weighted by Crippen LogP contribution is 2.47. The molecule has 7 heteroatoms. The Kier molecular flexibility index (Phi) is 5.18. The maximum atomic E-state index is 13.3. The third-order valence-electron chi connectivity index (χ3n) is 2.28. The quantitative estimate of drug-likeness (QED) is 0.607. The SMILES string of the molecule is C=P(OCC)(OCC)c1cc(F)cc(C(F)(F)F)c1. The standard InChI is InChI=1S/C12H15F4O2P/c1-4-17-19(3,18-5-2)11-7-9(12(14,15)16)6-10(13)8-11/h6-8H,3-5H2,1-2H3. The van der Waals surface area contributed by atoms with Gasteiger partial charge in [-0.25, -0.2) is 4.39 Å². The Morgan fingerprint density at radius 1 is 1.11 bits per heavy atom. The molecule has 0 spiro atoms. The zero-order valence-electron chi connectivity index (χ0n) is 10.6. The fraction of sp³-hybridized carbons (Fsp3) is 0.417. The van der Waals surface area contributed by atoms with Crippen molar-refractivity contribution in [3.8, 4) is 0 Å². The van der Waals surface area contributed by atoms with E-state index in [1.807, 2.05) is 0 Å². The number of halogens is 4. The van der Waals surface area contributed by atoms with E-state index >= 15 is 0 Å². The number of alkyl halides is 3. The lowest BCUT2D eigenvalue weighted by atomic mass is 10.2. The Hall–Kier alpha value is -0.840. The van der Waals surface area contributed by atoms with Crippen molar-refractivity contribution in [3.63, 3.8) is 0 Å². The summed E-state index contributed by atoms with van der Waals surface area (Å²) in [5, 5.41) is 0.00326. The van der Waals surface area contributed by atoms with E-state index in [2.05, 4.69) is 6.30 Å². The third kappa shape index (κ3) is 4.06. The summed E-state index contributed by atoms with van der Waals surface area (Å²) < 4.78 is 61.9. The van der Waals surface area contributed by atoms with Crippen LogP contribution in [0.3, 0.4) is 0 Å². The van der Waals surface area contributed by atoms with Gasteiger partial charge in [-0.3, -0.25) is 0 Å². The Morgan fingerprint density at radius 3 is 2.05 bits per heavy atom. The number of hydrogen-bond donors (Lipinski definition) is 0. The fourth-order valence-corrected chi connectivity index (χ4v) is 3.40. The molecular weight excluding hydrogens is 283 g/mol. The van der Waals surface area contributed by atoms with Crippen molar-refractivity contribution in [2.75, 3.05) is 13.2 Å². The van der Waals surface area contributed by atoms with Crippen molar-refractivity contribution in [3.05, 3.63) is 29.6 Å². The lowest BCUT2D eigenvalue weighted by Crippen LogP contribution is -2.16. The molecule has 0 heterocycles. The van der Waals surface area contributed by atoms with Crippen LogP contribution in [-0.4, -0.2) is 19.5 Å². The second kappa shape index (κ2) is 6.07. The van der Waals surface area contributed by atoms with E-state index < -0.39 is 24.9 Å². The first-order valence-corrected chi connectivity index (χ1v) is 7.44. The lowest BCUT2D eigenvalue weighted by Gasteiger charge is -2.24. The molecule has 0 N–H and O–H groups in total. The molecule has 0 aliphatic carbocycles. The Bertz CT molecular complexity index is 475. The average Bonchev–Trinajstić information content (AvgIpc) is 2.27. The van der Waals surface area contributed by atoms with E-state index in [0.717, 1.165) is 12.1 Å². The lowest BCUT2D eigenvalue weighted by molar-refractivity contribution is -0.137. The van der Waals surface area contributed by atoms with Gasteiger partial charge in [-0.2, -0.15) is 13.2 Å². The fourth-order valence-electron chi connectivity index (χ4n) is 1.54. The van der Waals surface area contributed by atoms with Crippen LogP contribution in [-0.2, 0) is 15.2 Å². The average molecular weight is 298 g/mol. The summed E-state index contributed by atoms with van der Waals surface area (Å²) in [7, 11) is -2.94. The van der Waals surface area contributed by atoms with Gasteiger partial charge in [-0.05, 0) is 38.3 Å². The first-order valence-electron chi connectivity index (χ1n) is 5.63. The highest BCUT2D eigenvalue weighted by molar-refractivity contribution is 7.72. The molecule has 0 unspecified atom stereocenters. The second-order valence-corrected chi connectivity index (χ2v) is 6.08. The molecule has 0 saturated carbocycles. The summed E-state index contributed by atoms with van der Waals surface area (Å²) >= 11 is 0. The highest BCUT2D eigenvalue weighted by atomic mass is 31.2. The van der Waals surface area contributed by atoms with Crippen molar-refractivity contribution >= 4 is 18.9 Å². The van der Waals surface area contributed by atoms with Gasteiger partial charge in [0, 0.05) is 5.30 Å². The molecule has 0 saturated heterocycles. The van der Waals surface area contributed by atoms with E-state index in [0.29, 0.717) is 6.07 Å². The maximum absolute atomic E-state index is 13.3. The summed E-state index contributed by atoms with van der Waals surface area (Å²) in [6.07, 6.45) is -0.909. The van der Waals surface area contributed by atoms with Crippen LogP contribution in [0, 0.1) is 5.82 Å². The first kappa shape index (κ1) is 16.2. The maximum Gasteiger partial charge on any atom is 0.416 e. The topological polar surface area (TPSA) is 18.5 Å². The molecule has 0 bridgehead atoms. The van der Waals surface area contributed by atoms with Crippen LogP contribution >= 0.6 is 7.34 Å². The molecule has 0 aliphatic heterocycles. The van der Waals surface area contributed by atoms with Gasteiger partial charge in [0.05, 0.1) is 18.8 Å². The second-order valence-electron chi connectivity index (χ2n) is 3.70. The monoisotopic (exact) mass is 298 g/mol. The largest absolute Gasteiger partial charge is 0.416 e. The molecule has 0 atom stereocenters.